The van der Waals surface area contributed by atoms with Crippen LogP contribution < -0.4 is 5.32 Å². The summed E-state index contributed by atoms with van der Waals surface area (Å²) in [6.45, 7) is 6.10. The van der Waals surface area contributed by atoms with Crippen molar-refractivity contribution in [2.75, 3.05) is 6.54 Å². The molecule has 0 bridgehead atoms. The van der Waals surface area contributed by atoms with Gasteiger partial charge in [-0.25, -0.2) is 4.98 Å². The molecule has 1 aromatic heterocycles. The van der Waals surface area contributed by atoms with Crippen LogP contribution in [0.5, 0.6) is 0 Å². The van der Waals surface area contributed by atoms with Crippen LogP contribution in [-0.4, -0.2) is 33.8 Å². The van der Waals surface area contributed by atoms with E-state index in [9.17, 15) is 9.59 Å². The second kappa shape index (κ2) is 5.64. The average Bonchev–Trinajstić information content (AvgIpc) is 2.90. The Bertz CT molecular complexity index is 506. The van der Waals surface area contributed by atoms with E-state index < -0.39 is 5.54 Å². The van der Waals surface area contributed by atoms with Gasteiger partial charge >= 0.3 is 0 Å². The minimum Gasteiger partial charge on any atom is -0.444 e. The zero-order valence-electron chi connectivity index (χ0n) is 12.2. The quantitative estimate of drug-likeness (QED) is 0.880. The third-order valence-corrected chi connectivity index (χ3v) is 3.89. The van der Waals surface area contributed by atoms with Crippen LogP contribution in [0.25, 0.3) is 0 Å². The number of carbonyl (C=O) groups excluding carboxylic acids is 2. The van der Waals surface area contributed by atoms with Crippen LogP contribution in [0.1, 0.15) is 45.3 Å². The van der Waals surface area contributed by atoms with Crippen molar-refractivity contribution >= 4 is 11.8 Å². The van der Waals surface area contributed by atoms with Crippen LogP contribution in [0.15, 0.2) is 10.6 Å². The lowest BCUT2D eigenvalue weighted by molar-refractivity contribution is -0.151. The molecule has 6 nitrogen and oxygen atoms in total. The minimum atomic E-state index is -0.782. The van der Waals surface area contributed by atoms with Gasteiger partial charge < -0.3 is 14.6 Å². The normalized spacial score (nSPS) is 18.2. The lowest BCUT2D eigenvalue weighted by Gasteiger charge is -2.40. The molecule has 0 aliphatic carbocycles. The number of rotatable bonds is 5. The molecule has 110 valence electrons. The number of amides is 2. The van der Waals surface area contributed by atoms with E-state index in [0.717, 1.165) is 12.2 Å². The largest absolute Gasteiger partial charge is 0.444 e. The zero-order chi connectivity index (χ0) is 14.8. The molecule has 1 aliphatic rings. The van der Waals surface area contributed by atoms with Crippen LogP contribution in [0, 0.1) is 0 Å². The molecular weight excluding hydrogens is 258 g/mol. The number of hydrogen-bond donors (Lipinski definition) is 1. The highest BCUT2D eigenvalue weighted by molar-refractivity contribution is 5.97. The highest BCUT2D eigenvalue weighted by Gasteiger charge is 2.44. The molecule has 2 rings (SSSR count). The summed E-state index contributed by atoms with van der Waals surface area (Å²) >= 11 is 0. The molecule has 0 radical (unpaired) electrons. The first-order valence-electron chi connectivity index (χ1n) is 7.08. The molecule has 0 aromatic carbocycles. The first-order valence-corrected chi connectivity index (χ1v) is 7.08. The van der Waals surface area contributed by atoms with Crippen molar-refractivity contribution in [1.82, 2.24) is 15.2 Å². The van der Waals surface area contributed by atoms with Crippen LogP contribution in [-0.2, 0) is 22.6 Å². The number of carbonyl (C=O) groups is 2. The van der Waals surface area contributed by atoms with E-state index in [4.69, 9.17) is 4.42 Å². The molecule has 2 heterocycles. The van der Waals surface area contributed by atoms with E-state index in [1.54, 1.807) is 6.20 Å². The Morgan fingerprint density at radius 1 is 1.35 bits per heavy atom. The molecule has 1 aromatic rings. The summed E-state index contributed by atoms with van der Waals surface area (Å²) in [7, 11) is 0. The number of nitrogens with one attached hydrogen (secondary N) is 1. The van der Waals surface area contributed by atoms with Gasteiger partial charge in [-0.05, 0) is 12.8 Å². The summed E-state index contributed by atoms with van der Waals surface area (Å²) in [5.74, 6) is 1.08. The molecule has 1 saturated heterocycles. The summed E-state index contributed by atoms with van der Waals surface area (Å²) in [5, 5.41) is 2.83. The maximum absolute atomic E-state index is 12.6. The molecule has 20 heavy (non-hydrogen) atoms. The van der Waals surface area contributed by atoms with Crippen molar-refractivity contribution in [3.8, 4) is 0 Å². The van der Waals surface area contributed by atoms with Gasteiger partial charge in [-0.3, -0.25) is 9.59 Å². The highest BCUT2D eigenvalue weighted by Crippen LogP contribution is 2.23. The van der Waals surface area contributed by atoms with E-state index >= 15 is 0 Å². The smallest absolute Gasteiger partial charge is 0.249 e. The molecule has 6 heteroatoms. The summed E-state index contributed by atoms with van der Waals surface area (Å²) in [5.41, 5.74) is -0.782. The van der Waals surface area contributed by atoms with Gasteiger partial charge in [0.2, 0.25) is 17.7 Å². The lowest BCUT2D eigenvalue weighted by Crippen LogP contribution is -2.65. The van der Waals surface area contributed by atoms with Crippen molar-refractivity contribution in [2.24, 2.45) is 0 Å². The minimum absolute atomic E-state index is 0.0571. The Morgan fingerprint density at radius 3 is 2.60 bits per heavy atom. The monoisotopic (exact) mass is 279 g/mol. The van der Waals surface area contributed by atoms with Crippen molar-refractivity contribution < 1.29 is 14.0 Å². The fraction of sp³-hybridized carbons (Fsp3) is 0.643. The van der Waals surface area contributed by atoms with Crippen molar-refractivity contribution in [3.63, 3.8) is 0 Å². The molecule has 0 unspecified atom stereocenters. The molecule has 1 fully saturated rings. The Morgan fingerprint density at radius 2 is 2.05 bits per heavy atom. The maximum atomic E-state index is 12.6. The Hall–Kier alpha value is -1.85. The Labute approximate surface area is 118 Å². The Balaban J connectivity index is 2.18. The van der Waals surface area contributed by atoms with Gasteiger partial charge in [0.15, 0.2) is 0 Å². The van der Waals surface area contributed by atoms with Crippen LogP contribution >= 0.6 is 0 Å². The highest BCUT2D eigenvalue weighted by atomic mass is 16.4. The molecular formula is C14H21N3O3. The second-order valence-corrected chi connectivity index (χ2v) is 5.07. The maximum Gasteiger partial charge on any atom is 0.249 e. The fourth-order valence-corrected chi connectivity index (χ4v) is 2.51. The van der Waals surface area contributed by atoms with Gasteiger partial charge in [-0.15, -0.1) is 0 Å². The van der Waals surface area contributed by atoms with Crippen LogP contribution in [0.4, 0.5) is 0 Å². The predicted octanol–water partition coefficient (Wildman–Crippen LogP) is 1.25. The van der Waals surface area contributed by atoms with E-state index in [2.05, 4.69) is 10.3 Å². The summed E-state index contributed by atoms with van der Waals surface area (Å²) in [6.07, 6.45) is 3.58. The van der Waals surface area contributed by atoms with E-state index in [1.165, 1.54) is 4.90 Å². The molecule has 1 N–H and O–H groups in total. The predicted molar refractivity (Wildman–Crippen MR) is 72.8 cm³/mol. The average molecular weight is 279 g/mol. The van der Waals surface area contributed by atoms with Crippen molar-refractivity contribution in [2.45, 2.75) is 52.1 Å². The summed E-state index contributed by atoms with van der Waals surface area (Å²) in [4.78, 5) is 30.1. The topological polar surface area (TPSA) is 75.4 Å². The lowest BCUT2D eigenvalue weighted by atomic mass is 9.89. The van der Waals surface area contributed by atoms with E-state index in [-0.39, 0.29) is 24.9 Å². The van der Waals surface area contributed by atoms with Gasteiger partial charge in [-0.2, -0.15) is 0 Å². The van der Waals surface area contributed by atoms with Gasteiger partial charge in [0, 0.05) is 6.42 Å². The number of oxazole rings is 1. The second-order valence-electron chi connectivity index (χ2n) is 5.07. The molecule has 1 aliphatic heterocycles. The van der Waals surface area contributed by atoms with Gasteiger partial charge in [0.1, 0.15) is 17.8 Å². The Kier molecular flexibility index (Phi) is 4.11. The zero-order valence-corrected chi connectivity index (χ0v) is 12.2. The van der Waals surface area contributed by atoms with Crippen molar-refractivity contribution in [1.29, 1.82) is 0 Å². The fourth-order valence-electron chi connectivity index (χ4n) is 2.51. The first-order chi connectivity index (χ1) is 9.54. The van der Waals surface area contributed by atoms with Crippen LogP contribution in [0.3, 0.4) is 0 Å². The van der Waals surface area contributed by atoms with E-state index in [0.29, 0.717) is 18.7 Å². The first kappa shape index (κ1) is 14.6. The number of aromatic nitrogens is 1. The summed E-state index contributed by atoms with van der Waals surface area (Å²) in [6, 6.07) is 0. The number of aryl methyl sites for hydroxylation is 1. The molecule has 0 saturated carbocycles. The van der Waals surface area contributed by atoms with Crippen LogP contribution in [0.2, 0.25) is 0 Å². The van der Waals surface area contributed by atoms with Gasteiger partial charge in [0.25, 0.3) is 0 Å². The third-order valence-electron chi connectivity index (χ3n) is 3.89. The number of piperazine rings is 1. The third kappa shape index (κ3) is 2.55. The summed E-state index contributed by atoms with van der Waals surface area (Å²) < 4.78 is 5.52. The molecule has 0 atom stereocenters. The van der Waals surface area contributed by atoms with E-state index in [1.807, 2.05) is 20.8 Å². The molecule has 0 spiro atoms. The van der Waals surface area contributed by atoms with Crippen molar-refractivity contribution in [3.05, 3.63) is 17.8 Å². The standard InChI is InChI=1S/C14H21N3O3/c1-4-10-7-15-12(20-10)9-17-8-11(18)16-14(5-2,6-3)13(17)19/h7H,4-6,8-9H2,1-3H3,(H,16,18). The number of nitrogens with zero attached hydrogens (tertiary/aromatic N) is 2. The SMILES string of the molecule is CCc1cnc(CN2CC(=O)NC(CC)(CC)C2=O)o1. The van der Waals surface area contributed by atoms with Gasteiger partial charge in [-0.1, -0.05) is 20.8 Å². The molecule has 2 amide bonds. The number of hydrogen-bond acceptors (Lipinski definition) is 4. The van der Waals surface area contributed by atoms with Gasteiger partial charge in [0.05, 0.1) is 12.7 Å².